The first-order valence-corrected chi connectivity index (χ1v) is 9.64. The smallest absolute Gasteiger partial charge is 0.127 e. The van der Waals surface area contributed by atoms with Crippen LogP contribution in [0.5, 0.6) is 0 Å². The Morgan fingerprint density at radius 1 is 0.818 bits per heavy atom. The highest BCUT2D eigenvalue weighted by atomic mass is 15.3. The summed E-state index contributed by atoms with van der Waals surface area (Å²) in [5.41, 5.74) is 1.50. The molecule has 2 N–H and O–H groups in total. The molecule has 1 aliphatic heterocycles. The average molecular weight is 303 g/mol. The Balaban J connectivity index is 1.35. The third kappa shape index (κ3) is 4.82. The molecule has 0 bridgehead atoms. The molecule has 1 aromatic rings. The minimum atomic E-state index is 0.994. The molecule has 0 atom stereocenters. The van der Waals surface area contributed by atoms with Gasteiger partial charge in [-0.2, -0.15) is 0 Å². The van der Waals surface area contributed by atoms with Crippen LogP contribution in [0.3, 0.4) is 0 Å². The normalized spacial score (nSPS) is 27.5. The lowest BCUT2D eigenvalue weighted by Gasteiger charge is -2.34. The lowest BCUT2D eigenvalue weighted by atomic mass is 10.1. The van der Waals surface area contributed by atoms with Crippen molar-refractivity contribution < 1.29 is 9.80 Å². The van der Waals surface area contributed by atoms with Crippen molar-refractivity contribution in [3.8, 4) is 0 Å². The Labute approximate surface area is 136 Å². The molecule has 0 spiro atoms. The molecule has 1 heterocycles. The van der Waals surface area contributed by atoms with E-state index < -0.39 is 0 Å². The van der Waals surface area contributed by atoms with Crippen molar-refractivity contribution in [2.45, 2.75) is 57.4 Å². The number of hydrogen-bond acceptors (Lipinski definition) is 0. The Hall–Kier alpha value is -0.860. The molecule has 0 radical (unpaired) electrons. The van der Waals surface area contributed by atoms with Crippen LogP contribution in [0.15, 0.2) is 30.3 Å². The maximum absolute atomic E-state index is 2.27. The maximum atomic E-state index is 2.27. The third-order valence-corrected chi connectivity index (χ3v) is 5.87. The number of quaternary nitrogens is 2. The largest absolute Gasteiger partial charge is 0.326 e. The summed E-state index contributed by atoms with van der Waals surface area (Å²) in [6.45, 7) is 7.02. The molecule has 1 aromatic carbocycles. The Kier molecular flexibility index (Phi) is 6.32. The van der Waals surface area contributed by atoms with E-state index in [0.29, 0.717) is 0 Å². The first kappa shape index (κ1) is 16.0. The molecule has 1 saturated carbocycles. The van der Waals surface area contributed by atoms with Gasteiger partial charge in [0.2, 0.25) is 0 Å². The monoisotopic (exact) mass is 302 g/mol. The second kappa shape index (κ2) is 8.69. The lowest BCUT2D eigenvalue weighted by Crippen LogP contribution is -3.29. The summed E-state index contributed by atoms with van der Waals surface area (Å²) in [7, 11) is 0. The van der Waals surface area contributed by atoms with Crippen LogP contribution in [-0.2, 0) is 6.42 Å². The molecule has 0 amide bonds. The summed E-state index contributed by atoms with van der Waals surface area (Å²) >= 11 is 0. The summed E-state index contributed by atoms with van der Waals surface area (Å²) < 4.78 is 0. The highest BCUT2D eigenvalue weighted by Gasteiger charge is 2.29. The standard InChI is InChI=1S/C20H32N2/c1-2-7-13-20(12-6-1)22-17-15-21(16-18-22)14-8-11-19-9-4-3-5-10-19/h3-5,9-10,20H,1-2,6-8,11-18H2/p+2. The van der Waals surface area contributed by atoms with Gasteiger partial charge in [-0.25, -0.2) is 0 Å². The molecule has 122 valence electrons. The number of piperazine rings is 1. The third-order valence-electron chi connectivity index (χ3n) is 5.87. The minimum absolute atomic E-state index is 0.994. The van der Waals surface area contributed by atoms with Gasteiger partial charge in [-0.3, -0.25) is 0 Å². The average Bonchev–Trinajstić information content (AvgIpc) is 2.86. The molecule has 2 aliphatic rings. The van der Waals surface area contributed by atoms with Crippen LogP contribution in [0.2, 0.25) is 0 Å². The molecule has 2 heteroatoms. The molecular weight excluding hydrogens is 268 g/mol. The molecule has 2 nitrogen and oxygen atoms in total. The predicted molar refractivity (Wildman–Crippen MR) is 92.5 cm³/mol. The second-order valence-electron chi connectivity index (χ2n) is 7.44. The van der Waals surface area contributed by atoms with Gasteiger partial charge in [0.05, 0.1) is 12.6 Å². The highest BCUT2D eigenvalue weighted by molar-refractivity contribution is 5.14. The summed E-state index contributed by atoms with van der Waals surface area (Å²) in [6, 6.07) is 12.0. The summed E-state index contributed by atoms with van der Waals surface area (Å²) in [5.74, 6) is 0. The van der Waals surface area contributed by atoms with Crippen molar-refractivity contribution in [2.75, 3.05) is 32.7 Å². The van der Waals surface area contributed by atoms with Crippen molar-refractivity contribution >= 4 is 0 Å². The van der Waals surface area contributed by atoms with Crippen LogP contribution < -0.4 is 9.80 Å². The van der Waals surface area contributed by atoms with Crippen molar-refractivity contribution in [1.29, 1.82) is 0 Å². The number of rotatable bonds is 5. The van der Waals surface area contributed by atoms with Gasteiger partial charge in [0, 0.05) is 6.42 Å². The van der Waals surface area contributed by atoms with Crippen LogP contribution in [0.4, 0.5) is 0 Å². The van der Waals surface area contributed by atoms with E-state index in [1.165, 1.54) is 89.7 Å². The van der Waals surface area contributed by atoms with E-state index >= 15 is 0 Å². The van der Waals surface area contributed by atoms with Gasteiger partial charge in [-0.1, -0.05) is 43.2 Å². The van der Waals surface area contributed by atoms with E-state index in [1.54, 1.807) is 0 Å². The van der Waals surface area contributed by atoms with Crippen LogP contribution in [0, 0.1) is 0 Å². The summed E-state index contributed by atoms with van der Waals surface area (Å²) in [4.78, 5) is 3.79. The van der Waals surface area contributed by atoms with Gasteiger partial charge >= 0.3 is 0 Å². The topological polar surface area (TPSA) is 8.88 Å². The quantitative estimate of drug-likeness (QED) is 0.755. The Morgan fingerprint density at radius 3 is 2.18 bits per heavy atom. The van der Waals surface area contributed by atoms with E-state index in [2.05, 4.69) is 30.3 Å². The van der Waals surface area contributed by atoms with Crippen molar-refractivity contribution in [3.63, 3.8) is 0 Å². The Morgan fingerprint density at radius 2 is 1.50 bits per heavy atom. The van der Waals surface area contributed by atoms with Gasteiger partial charge in [-0.05, 0) is 37.7 Å². The molecule has 22 heavy (non-hydrogen) atoms. The predicted octanol–water partition coefficient (Wildman–Crippen LogP) is 1.13. The van der Waals surface area contributed by atoms with Gasteiger partial charge in [0.15, 0.2) is 0 Å². The zero-order chi connectivity index (χ0) is 15.0. The molecule has 1 aliphatic carbocycles. The van der Waals surface area contributed by atoms with Crippen molar-refractivity contribution in [3.05, 3.63) is 35.9 Å². The van der Waals surface area contributed by atoms with Crippen molar-refractivity contribution in [1.82, 2.24) is 0 Å². The molecular formula is C20H34N2+2. The molecule has 0 aromatic heterocycles. The molecule has 3 rings (SSSR count). The van der Waals surface area contributed by atoms with E-state index in [4.69, 9.17) is 0 Å². The first-order valence-electron chi connectivity index (χ1n) is 9.64. The zero-order valence-corrected chi connectivity index (χ0v) is 14.2. The number of nitrogens with one attached hydrogen (secondary N) is 2. The van der Waals surface area contributed by atoms with Crippen LogP contribution in [0.25, 0.3) is 0 Å². The lowest BCUT2D eigenvalue weighted by molar-refractivity contribution is -1.02. The number of aryl methyl sites for hydroxylation is 1. The first-order chi connectivity index (χ1) is 10.9. The molecule has 0 unspecified atom stereocenters. The van der Waals surface area contributed by atoms with E-state index in [-0.39, 0.29) is 0 Å². The number of benzene rings is 1. The number of hydrogen-bond donors (Lipinski definition) is 2. The van der Waals surface area contributed by atoms with Gasteiger partial charge in [-0.15, -0.1) is 0 Å². The fourth-order valence-corrected chi connectivity index (χ4v) is 4.46. The van der Waals surface area contributed by atoms with Crippen LogP contribution in [-0.4, -0.2) is 38.8 Å². The summed E-state index contributed by atoms with van der Waals surface area (Å²) in [5, 5.41) is 0. The van der Waals surface area contributed by atoms with Gasteiger partial charge in [0.25, 0.3) is 0 Å². The van der Waals surface area contributed by atoms with Crippen molar-refractivity contribution in [2.24, 2.45) is 0 Å². The SMILES string of the molecule is c1ccc(CCC[NH+]2CC[NH+](C3CCCCCC3)CC2)cc1. The van der Waals surface area contributed by atoms with E-state index in [0.717, 1.165) is 6.04 Å². The molecule has 1 saturated heterocycles. The fraction of sp³-hybridized carbons (Fsp3) is 0.700. The second-order valence-corrected chi connectivity index (χ2v) is 7.44. The Bertz CT molecular complexity index is 401. The highest BCUT2D eigenvalue weighted by Crippen LogP contribution is 2.15. The zero-order valence-electron chi connectivity index (χ0n) is 14.2. The van der Waals surface area contributed by atoms with E-state index in [9.17, 15) is 0 Å². The van der Waals surface area contributed by atoms with E-state index in [1.807, 2.05) is 9.80 Å². The molecule has 2 fully saturated rings. The summed E-state index contributed by atoms with van der Waals surface area (Å²) in [6.07, 6.45) is 11.5. The van der Waals surface area contributed by atoms with Gasteiger partial charge < -0.3 is 9.80 Å². The van der Waals surface area contributed by atoms with Crippen LogP contribution >= 0.6 is 0 Å². The van der Waals surface area contributed by atoms with Gasteiger partial charge in [0.1, 0.15) is 26.2 Å². The maximum Gasteiger partial charge on any atom is 0.127 e. The fourth-order valence-electron chi connectivity index (χ4n) is 4.46. The minimum Gasteiger partial charge on any atom is -0.326 e. The van der Waals surface area contributed by atoms with Crippen LogP contribution in [0.1, 0.15) is 50.5 Å².